The first-order valence-electron chi connectivity index (χ1n) is 8.31. The van der Waals surface area contributed by atoms with Crippen molar-refractivity contribution in [3.05, 3.63) is 78.9 Å². The lowest BCUT2D eigenvalue weighted by molar-refractivity contribution is 0.598. The van der Waals surface area contributed by atoms with E-state index in [0.717, 1.165) is 11.1 Å². The van der Waals surface area contributed by atoms with Gasteiger partial charge in [-0.1, -0.05) is 12.1 Å². The van der Waals surface area contributed by atoms with E-state index in [-0.39, 0.29) is 10.7 Å². The van der Waals surface area contributed by atoms with Gasteiger partial charge in [-0.3, -0.25) is 4.98 Å². The summed E-state index contributed by atoms with van der Waals surface area (Å²) in [6, 6.07) is 15.8. The first-order chi connectivity index (χ1) is 13.4. The zero-order valence-corrected chi connectivity index (χ0v) is 15.3. The van der Waals surface area contributed by atoms with Crippen LogP contribution in [0, 0.1) is 5.82 Å². The van der Waals surface area contributed by atoms with Crippen LogP contribution in [-0.4, -0.2) is 23.4 Å². The normalized spacial score (nSPS) is 11.5. The number of H-pyrrole nitrogens is 1. The molecule has 2 aromatic carbocycles. The number of benzene rings is 2. The highest BCUT2D eigenvalue weighted by Gasteiger charge is 2.16. The second kappa shape index (κ2) is 6.99. The fraction of sp³-hybridized carbons (Fsp3) is 0. The molecule has 140 valence electrons. The van der Waals surface area contributed by atoms with Gasteiger partial charge in [-0.2, -0.15) is 0 Å². The summed E-state index contributed by atoms with van der Waals surface area (Å²) in [4.78, 5) is 12.1. The van der Waals surface area contributed by atoms with Crippen LogP contribution in [0.2, 0.25) is 0 Å². The molecule has 0 aliphatic carbocycles. The third kappa shape index (κ3) is 3.55. The number of nitrogens with zero attached hydrogens (tertiary/aromatic N) is 2. The summed E-state index contributed by atoms with van der Waals surface area (Å²) in [6.07, 6.45) is 3.35. The van der Waals surface area contributed by atoms with Gasteiger partial charge in [0.1, 0.15) is 11.6 Å². The van der Waals surface area contributed by atoms with Crippen LogP contribution in [0.4, 0.5) is 4.39 Å². The standard InChI is InChI=1S/C20H15FN4O2S/c21-16-7-3-13(4-8-16)18-19(14-5-9-17(10-6-14)28(22,26)27)25-20(24-18)15-2-1-11-23-12-15/h1-12H,(H,24,25)(H2,22,26,27). The van der Waals surface area contributed by atoms with E-state index in [1.165, 1.54) is 24.3 Å². The van der Waals surface area contributed by atoms with Gasteiger partial charge in [-0.05, 0) is 48.5 Å². The third-order valence-electron chi connectivity index (χ3n) is 4.23. The number of halogens is 1. The summed E-state index contributed by atoms with van der Waals surface area (Å²) in [5, 5.41) is 5.17. The van der Waals surface area contributed by atoms with Gasteiger partial charge in [0.05, 0.1) is 16.3 Å². The van der Waals surface area contributed by atoms with Crippen LogP contribution in [0.3, 0.4) is 0 Å². The number of hydrogen-bond acceptors (Lipinski definition) is 4. The maximum atomic E-state index is 13.3. The molecule has 0 saturated heterocycles. The molecule has 0 fully saturated rings. The van der Waals surface area contributed by atoms with E-state index in [4.69, 9.17) is 5.14 Å². The van der Waals surface area contributed by atoms with E-state index in [9.17, 15) is 12.8 Å². The Morgan fingerprint density at radius 3 is 2.18 bits per heavy atom. The minimum absolute atomic E-state index is 0.0163. The number of nitrogens with one attached hydrogen (secondary N) is 1. The van der Waals surface area contributed by atoms with E-state index in [1.54, 1.807) is 42.7 Å². The quantitative estimate of drug-likeness (QED) is 0.552. The Morgan fingerprint density at radius 1 is 0.893 bits per heavy atom. The number of aromatic amines is 1. The highest BCUT2D eigenvalue weighted by molar-refractivity contribution is 7.89. The summed E-state index contributed by atoms with van der Waals surface area (Å²) < 4.78 is 36.4. The van der Waals surface area contributed by atoms with Crippen molar-refractivity contribution in [3.63, 3.8) is 0 Å². The number of primary sulfonamides is 1. The number of aromatic nitrogens is 3. The lowest BCUT2D eigenvalue weighted by atomic mass is 10.1. The van der Waals surface area contributed by atoms with Crippen molar-refractivity contribution in [2.75, 3.05) is 0 Å². The predicted molar refractivity (Wildman–Crippen MR) is 104 cm³/mol. The molecule has 4 aromatic rings. The second-order valence-corrected chi connectivity index (χ2v) is 7.69. The fourth-order valence-electron chi connectivity index (χ4n) is 2.85. The number of rotatable bonds is 4. The average Bonchev–Trinajstić information content (AvgIpc) is 3.14. The highest BCUT2D eigenvalue weighted by Crippen LogP contribution is 2.33. The molecule has 3 N–H and O–H groups in total. The minimum Gasteiger partial charge on any atom is -0.337 e. The van der Waals surface area contributed by atoms with Crippen LogP contribution >= 0.6 is 0 Å². The van der Waals surface area contributed by atoms with Crippen molar-refractivity contribution in [2.45, 2.75) is 4.90 Å². The predicted octanol–water partition coefficient (Wildman–Crippen LogP) is 3.59. The number of hydrogen-bond donors (Lipinski definition) is 2. The van der Waals surface area contributed by atoms with Gasteiger partial charge in [0.2, 0.25) is 10.0 Å². The van der Waals surface area contributed by atoms with E-state index < -0.39 is 10.0 Å². The molecule has 0 saturated carbocycles. The van der Waals surface area contributed by atoms with E-state index >= 15 is 0 Å². The van der Waals surface area contributed by atoms with Crippen LogP contribution in [0.5, 0.6) is 0 Å². The number of nitrogens with two attached hydrogens (primary N) is 1. The maximum absolute atomic E-state index is 13.3. The van der Waals surface area contributed by atoms with Gasteiger partial charge in [0.25, 0.3) is 0 Å². The first-order valence-corrected chi connectivity index (χ1v) is 9.86. The average molecular weight is 394 g/mol. The van der Waals surface area contributed by atoms with Crippen molar-refractivity contribution in [2.24, 2.45) is 5.14 Å². The molecule has 0 atom stereocenters. The molecular weight excluding hydrogens is 379 g/mol. The van der Waals surface area contributed by atoms with Crippen LogP contribution < -0.4 is 5.14 Å². The molecule has 0 radical (unpaired) electrons. The largest absolute Gasteiger partial charge is 0.337 e. The third-order valence-corrected chi connectivity index (χ3v) is 5.16. The van der Waals surface area contributed by atoms with Gasteiger partial charge in [-0.25, -0.2) is 22.9 Å². The Labute approximate surface area is 161 Å². The van der Waals surface area contributed by atoms with Gasteiger partial charge >= 0.3 is 0 Å². The smallest absolute Gasteiger partial charge is 0.238 e. The van der Waals surface area contributed by atoms with Crippen LogP contribution in [0.15, 0.2) is 78.0 Å². The molecule has 8 heteroatoms. The second-order valence-electron chi connectivity index (χ2n) is 6.13. The Morgan fingerprint density at radius 2 is 1.57 bits per heavy atom. The number of pyridine rings is 1. The molecule has 0 spiro atoms. The van der Waals surface area contributed by atoms with Crippen molar-refractivity contribution in [1.29, 1.82) is 0 Å². The van der Waals surface area contributed by atoms with Gasteiger partial charge < -0.3 is 4.98 Å². The van der Waals surface area contributed by atoms with Crippen molar-refractivity contribution < 1.29 is 12.8 Å². The Hall–Kier alpha value is -3.36. The summed E-state index contributed by atoms with van der Waals surface area (Å²) in [5.74, 6) is 0.257. The van der Waals surface area contributed by atoms with E-state index in [2.05, 4.69) is 15.0 Å². The molecule has 0 aliphatic rings. The first kappa shape index (κ1) is 18.0. The molecule has 0 amide bonds. The molecule has 0 aliphatic heterocycles. The molecule has 2 heterocycles. The summed E-state index contributed by atoms with van der Waals surface area (Å²) in [5.41, 5.74) is 3.51. The van der Waals surface area contributed by atoms with Crippen LogP contribution in [0.25, 0.3) is 33.9 Å². The molecule has 4 rings (SSSR count). The van der Waals surface area contributed by atoms with Crippen LogP contribution in [-0.2, 0) is 10.0 Å². The Bertz CT molecular complexity index is 1220. The maximum Gasteiger partial charge on any atom is 0.238 e. The van der Waals surface area contributed by atoms with E-state index in [0.29, 0.717) is 22.8 Å². The number of imidazole rings is 1. The van der Waals surface area contributed by atoms with Gasteiger partial charge in [0, 0.05) is 29.1 Å². The van der Waals surface area contributed by atoms with Crippen molar-refractivity contribution >= 4 is 10.0 Å². The zero-order valence-electron chi connectivity index (χ0n) is 14.5. The molecule has 2 aromatic heterocycles. The van der Waals surface area contributed by atoms with Crippen LogP contribution in [0.1, 0.15) is 0 Å². The molecule has 0 unspecified atom stereocenters. The van der Waals surface area contributed by atoms with E-state index in [1.807, 2.05) is 6.07 Å². The summed E-state index contributed by atoms with van der Waals surface area (Å²) in [7, 11) is -3.78. The number of sulfonamides is 1. The summed E-state index contributed by atoms with van der Waals surface area (Å²) >= 11 is 0. The molecule has 6 nitrogen and oxygen atoms in total. The Balaban J connectivity index is 1.87. The minimum atomic E-state index is -3.78. The monoisotopic (exact) mass is 394 g/mol. The Kier molecular flexibility index (Phi) is 4.50. The lowest BCUT2D eigenvalue weighted by Crippen LogP contribution is -2.11. The molecule has 0 bridgehead atoms. The topological polar surface area (TPSA) is 102 Å². The fourth-order valence-corrected chi connectivity index (χ4v) is 3.37. The van der Waals surface area contributed by atoms with Crippen molar-refractivity contribution in [1.82, 2.24) is 15.0 Å². The van der Waals surface area contributed by atoms with Crippen molar-refractivity contribution in [3.8, 4) is 33.9 Å². The van der Waals surface area contributed by atoms with Gasteiger partial charge in [-0.15, -0.1) is 0 Å². The SMILES string of the molecule is NS(=O)(=O)c1ccc(-c2nc(-c3cccnc3)[nH]c2-c2ccc(F)cc2)cc1. The molecule has 28 heavy (non-hydrogen) atoms. The lowest BCUT2D eigenvalue weighted by Gasteiger charge is -2.04. The van der Waals surface area contributed by atoms with Gasteiger partial charge in [0.15, 0.2) is 0 Å². The highest BCUT2D eigenvalue weighted by atomic mass is 32.2. The molecular formula is C20H15FN4O2S. The zero-order chi connectivity index (χ0) is 19.7. The summed E-state index contributed by atoms with van der Waals surface area (Å²) in [6.45, 7) is 0.